The molecule has 2 aromatic heterocycles. The molecule has 0 radical (unpaired) electrons. The molecule has 2 fully saturated rings. The zero-order valence-corrected chi connectivity index (χ0v) is 15.8. The monoisotopic (exact) mass is 391 g/mol. The van der Waals surface area contributed by atoms with Gasteiger partial charge in [-0.3, -0.25) is 4.79 Å². The summed E-state index contributed by atoms with van der Waals surface area (Å²) in [5.74, 6) is -0.185. The van der Waals surface area contributed by atoms with Gasteiger partial charge >= 0.3 is 0 Å². The summed E-state index contributed by atoms with van der Waals surface area (Å²) in [5, 5.41) is 12.8. The van der Waals surface area contributed by atoms with Gasteiger partial charge < -0.3 is 14.6 Å². The van der Waals surface area contributed by atoms with E-state index in [2.05, 4.69) is 16.5 Å². The number of nitrogens with zero attached hydrogens (tertiary/aromatic N) is 4. The molecule has 0 unspecified atom stereocenters. The second-order valence-electron chi connectivity index (χ2n) is 7.42. The van der Waals surface area contributed by atoms with Crippen LogP contribution in [0.4, 0.5) is 0 Å². The fourth-order valence-corrected chi connectivity index (χ4v) is 4.78. The number of carbonyl (C=O) groups is 1. The van der Waals surface area contributed by atoms with Crippen LogP contribution in [0.3, 0.4) is 0 Å². The number of amides is 1. The zero-order valence-electron chi connectivity index (χ0n) is 15.0. The molecule has 1 N–H and O–H groups in total. The molecule has 2 aliphatic rings. The van der Waals surface area contributed by atoms with Crippen molar-refractivity contribution in [2.75, 3.05) is 0 Å². The molecule has 1 amide bonds. The summed E-state index contributed by atoms with van der Waals surface area (Å²) in [4.78, 5) is 18.9. The summed E-state index contributed by atoms with van der Waals surface area (Å²) < 4.78 is 1.94. The lowest BCUT2D eigenvalue weighted by atomic mass is 9.95. The fourth-order valence-electron chi connectivity index (χ4n) is 4.51. The van der Waals surface area contributed by atoms with Crippen LogP contribution in [0.15, 0.2) is 48.9 Å². The maximum atomic E-state index is 12.8. The van der Waals surface area contributed by atoms with E-state index in [1.807, 2.05) is 46.0 Å². The highest BCUT2D eigenvalue weighted by atomic mass is 35.5. The number of nitriles is 1. The molecule has 1 aromatic carbocycles. The molecule has 0 saturated carbocycles. The van der Waals surface area contributed by atoms with Gasteiger partial charge in [0.2, 0.25) is 0 Å². The normalized spacial score (nSPS) is 23.1. The van der Waals surface area contributed by atoms with Crippen molar-refractivity contribution in [1.29, 1.82) is 5.26 Å². The van der Waals surface area contributed by atoms with Crippen molar-refractivity contribution in [2.24, 2.45) is 0 Å². The third-order valence-electron chi connectivity index (χ3n) is 5.91. The van der Waals surface area contributed by atoms with Gasteiger partial charge in [-0.2, -0.15) is 5.26 Å². The molecule has 28 heavy (non-hydrogen) atoms. The van der Waals surface area contributed by atoms with Gasteiger partial charge in [-0.05, 0) is 54.7 Å². The summed E-state index contributed by atoms with van der Waals surface area (Å²) in [6.07, 6.45) is 10.7. The van der Waals surface area contributed by atoms with E-state index in [1.54, 1.807) is 12.3 Å². The minimum absolute atomic E-state index is 0.00416. The predicted molar refractivity (Wildman–Crippen MR) is 106 cm³/mol. The van der Waals surface area contributed by atoms with Crippen LogP contribution in [-0.2, 0) is 0 Å². The Labute approximate surface area is 167 Å². The molecule has 2 saturated heterocycles. The molecule has 7 heteroatoms. The van der Waals surface area contributed by atoms with E-state index in [4.69, 9.17) is 11.6 Å². The molecule has 0 aliphatic carbocycles. The Morgan fingerprint density at radius 3 is 2.86 bits per heavy atom. The van der Waals surface area contributed by atoms with Gasteiger partial charge in [0.05, 0.1) is 22.7 Å². The van der Waals surface area contributed by atoms with Crippen LogP contribution in [-0.4, -0.2) is 38.3 Å². The Morgan fingerprint density at radius 2 is 2.07 bits per heavy atom. The first-order chi connectivity index (χ1) is 13.6. The Kier molecular flexibility index (Phi) is 3.99. The number of imidazole rings is 1. The largest absolute Gasteiger partial charge is 0.347 e. The topological polar surface area (TPSA) is 73.4 Å². The van der Waals surface area contributed by atoms with Gasteiger partial charge in [-0.25, -0.2) is 4.98 Å². The molecule has 3 aromatic rings. The van der Waals surface area contributed by atoms with Crippen molar-refractivity contribution in [2.45, 2.75) is 37.4 Å². The Bertz CT molecular complexity index is 1120. The van der Waals surface area contributed by atoms with Crippen LogP contribution in [0, 0.1) is 11.5 Å². The number of aromatic nitrogens is 2. The van der Waals surface area contributed by atoms with E-state index in [1.165, 1.54) is 0 Å². The van der Waals surface area contributed by atoms with Crippen molar-refractivity contribution in [3.05, 3.63) is 59.5 Å². The number of hydrogen-bond acceptors (Lipinski definition) is 4. The first kappa shape index (κ1) is 17.1. The van der Waals surface area contributed by atoms with Gasteiger partial charge in [0.25, 0.3) is 5.91 Å². The highest BCUT2D eigenvalue weighted by molar-refractivity contribution is 6.34. The molecular weight excluding hydrogens is 374 g/mol. The lowest BCUT2D eigenvalue weighted by molar-refractivity contribution is 0.0928. The summed E-state index contributed by atoms with van der Waals surface area (Å²) in [6, 6.07) is 9.82. The Morgan fingerprint density at radius 1 is 1.21 bits per heavy atom. The van der Waals surface area contributed by atoms with E-state index < -0.39 is 0 Å². The van der Waals surface area contributed by atoms with Crippen LogP contribution < -0.4 is 5.32 Å². The molecule has 0 spiro atoms. The predicted octanol–water partition coefficient (Wildman–Crippen LogP) is 3.47. The maximum absolute atomic E-state index is 12.8. The molecule has 5 rings (SSSR count). The van der Waals surface area contributed by atoms with Crippen molar-refractivity contribution < 1.29 is 4.79 Å². The Balaban J connectivity index is 1.36. The maximum Gasteiger partial charge on any atom is 0.253 e. The smallest absolute Gasteiger partial charge is 0.253 e. The second-order valence-corrected chi connectivity index (χ2v) is 7.83. The van der Waals surface area contributed by atoms with Gasteiger partial charge in [0.15, 0.2) is 6.19 Å². The van der Waals surface area contributed by atoms with Crippen LogP contribution in [0.25, 0.3) is 16.8 Å². The molecule has 140 valence electrons. The molecule has 4 heterocycles. The minimum atomic E-state index is -0.185. The zero-order chi connectivity index (χ0) is 19.3. The second kappa shape index (κ2) is 6.54. The van der Waals surface area contributed by atoms with E-state index in [-0.39, 0.29) is 24.0 Å². The summed E-state index contributed by atoms with van der Waals surface area (Å²) in [7, 11) is 0. The van der Waals surface area contributed by atoms with Crippen molar-refractivity contribution >= 4 is 23.2 Å². The lowest BCUT2D eigenvalue weighted by Crippen LogP contribution is -2.43. The number of benzene rings is 1. The first-order valence-corrected chi connectivity index (χ1v) is 9.73. The fraction of sp³-hybridized carbons (Fsp3) is 0.286. The summed E-state index contributed by atoms with van der Waals surface area (Å²) in [6.45, 7) is 0. The van der Waals surface area contributed by atoms with Crippen LogP contribution in [0.2, 0.25) is 5.02 Å². The molecule has 2 bridgehead atoms. The minimum Gasteiger partial charge on any atom is -0.347 e. The van der Waals surface area contributed by atoms with Crippen molar-refractivity contribution in [1.82, 2.24) is 19.6 Å². The number of nitrogens with one attached hydrogen (secondary N) is 1. The Hall–Kier alpha value is -3.04. The highest BCUT2D eigenvalue weighted by Gasteiger charge is 2.46. The van der Waals surface area contributed by atoms with Crippen LogP contribution >= 0.6 is 11.6 Å². The number of pyridine rings is 1. The number of hydrogen-bond donors (Lipinski definition) is 1. The molecule has 6 nitrogen and oxygen atoms in total. The van der Waals surface area contributed by atoms with Gasteiger partial charge in [0, 0.05) is 24.6 Å². The SMILES string of the molecule is N#CN1[C@H]2CC[C@@H]1[C@H](NC(=O)c1ccc(-c3ccn4ccnc4c3)cc1Cl)C2. The molecule has 2 aliphatic heterocycles. The number of fused-ring (bicyclic) bond motifs is 3. The first-order valence-electron chi connectivity index (χ1n) is 9.35. The van der Waals surface area contributed by atoms with Gasteiger partial charge in [-0.15, -0.1) is 0 Å². The van der Waals surface area contributed by atoms with Gasteiger partial charge in [0.1, 0.15) is 5.65 Å². The summed E-state index contributed by atoms with van der Waals surface area (Å²) >= 11 is 6.45. The standard InChI is InChI=1S/C21H18ClN5O/c22-17-9-13(14-5-7-26-8-6-24-20(26)10-14)1-3-16(17)21(28)25-18-11-15-2-4-19(18)27(15)12-23/h1,3,5-10,15,18-19H,2,4,11H2,(H,25,28)/t15-,18+,19+/m0/s1. The molecular formula is C21H18ClN5O. The lowest BCUT2D eigenvalue weighted by Gasteiger charge is -2.22. The average Bonchev–Trinajstić information content (AvgIpc) is 3.40. The third kappa shape index (κ3) is 2.71. The van der Waals surface area contributed by atoms with Crippen molar-refractivity contribution in [3.8, 4) is 17.3 Å². The third-order valence-corrected chi connectivity index (χ3v) is 6.23. The van der Waals surface area contributed by atoms with E-state index in [0.29, 0.717) is 10.6 Å². The van der Waals surface area contributed by atoms with Gasteiger partial charge in [-0.1, -0.05) is 17.7 Å². The van der Waals surface area contributed by atoms with E-state index >= 15 is 0 Å². The molecule has 3 atom stereocenters. The van der Waals surface area contributed by atoms with E-state index in [9.17, 15) is 10.1 Å². The van der Waals surface area contributed by atoms with Crippen LogP contribution in [0.5, 0.6) is 0 Å². The number of halogens is 1. The number of carbonyl (C=O) groups excluding carboxylic acids is 1. The highest BCUT2D eigenvalue weighted by Crippen LogP contribution is 2.37. The van der Waals surface area contributed by atoms with Crippen molar-refractivity contribution in [3.63, 3.8) is 0 Å². The van der Waals surface area contributed by atoms with E-state index in [0.717, 1.165) is 36.0 Å². The van der Waals surface area contributed by atoms with Crippen LogP contribution in [0.1, 0.15) is 29.6 Å². The number of rotatable bonds is 3. The average molecular weight is 392 g/mol. The quantitative estimate of drug-likeness (QED) is 0.694. The summed E-state index contributed by atoms with van der Waals surface area (Å²) in [5.41, 5.74) is 3.24.